The fraction of sp³-hybridized carbons (Fsp3) is 0.286. The smallest absolute Gasteiger partial charge is 0.223 e. The minimum Gasteiger partial charge on any atom is -0.496 e. The van der Waals surface area contributed by atoms with Crippen LogP contribution >= 0.6 is 23.2 Å². The largest absolute Gasteiger partial charge is 0.496 e. The van der Waals surface area contributed by atoms with E-state index in [2.05, 4.69) is 19.9 Å². The molecule has 29 heavy (non-hydrogen) atoms. The summed E-state index contributed by atoms with van der Waals surface area (Å²) in [5.74, 6) is 1.63. The zero-order chi connectivity index (χ0) is 21.0. The molecule has 2 aromatic heterocycles. The second-order valence-corrected chi connectivity index (χ2v) is 7.57. The van der Waals surface area contributed by atoms with Gasteiger partial charge in [0.05, 0.1) is 19.3 Å². The highest BCUT2D eigenvalue weighted by molar-refractivity contribution is 6.30. The van der Waals surface area contributed by atoms with Crippen molar-refractivity contribution in [2.75, 3.05) is 24.3 Å². The number of nitrogens with two attached hydrogens (primary N) is 1. The number of nitrogen functional groups attached to an aromatic ring is 1. The lowest BCUT2D eigenvalue weighted by molar-refractivity contribution is 0.406. The van der Waals surface area contributed by atoms with Gasteiger partial charge in [0.25, 0.3) is 0 Å². The summed E-state index contributed by atoms with van der Waals surface area (Å²) in [7, 11) is 1.67. The van der Waals surface area contributed by atoms with Crippen molar-refractivity contribution in [3.8, 4) is 5.75 Å². The predicted molar refractivity (Wildman–Crippen MR) is 118 cm³/mol. The number of hydrogen-bond acceptors (Lipinski definition) is 6. The Morgan fingerprint density at radius 3 is 2.48 bits per heavy atom. The zero-order valence-electron chi connectivity index (χ0n) is 16.6. The monoisotopic (exact) mass is 431 g/mol. The number of benzene rings is 1. The van der Waals surface area contributed by atoms with E-state index in [9.17, 15) is 0 Å². The summed E-state index contributed by atoms with van der Waals surface area (Å²) in [6.45, 7) is 5.20. The van der Waals surface area contributed by atoms with Crippen molar-refractivity contribution in [2.45, 2.75) is 26.8 Å². The molecule has 0 bridgehead atoms. The lowest BCUT2D eigenvalue weighted by Gasteiger charge is -2.25. The molecule has 0 atom stereocenters. The van der Waals surface area contributed by atoms with Gasteiger partial charge in [0.1, 0.15) is 16.7 Å². The van der Waals surface area contributed by atoms with E-state index in [0.717, 1.165) is 29.0 Å². The van der Waals surface area contributed by atoms with Crippen LogP contribution in [0, 0.1) is 13.8 Å². The van der Waals surface area contributed by atoms with E-state index in [1.165, 1.54) is 5.56 Å². The van der Waals surface area contributed by atoms with Crippen LogP contribution in [0.1, 0.15) is 22.4 Å². The van der Waals surface area contributed by atoms with Gasteiger partial charge in [-0.15, -0.1) is 0 Å². The highest BCUT2D eigenvalue weighted by Gasteiger charge is 2.16. The third kappa shape index (κ3) is 5.28. The quantitative estimate of drug-likeness (QED) is 0.549. The molecule has 0 saturated carbocycles. The van der Waals surface area contributed by atoms with E-state index in [1.807, 2.05) is 44.3 Å². The molecule has 1 aromatic carbocycles. The lowest BCUT2D eigenvalue weighted by atomic mass is 10.1. The maximum atomic E-state index is 6.12. The highest BCUT2D eigenvalue weighted by Crippen LogP contribution is 2.27. The highest BCUT2D eigenvalue weighted by atomic mass is 35.5. The lowest BCUT2D eigenvalue weighted by Crippen LogP contribution is -2.27. The molecule has 0 aliphatic heterocycles. The Kier molecular flexibility index (Phi) is 6.77. The van der Waals surface area contributed by atoms with Crippen molar-refractivity contribution in [2.24, 2.45) is 0 Å². The number of halogens is 2. The molecule has 2 N–H and O–H groups in total. The fourth-order valence-corrected chi connectivity index (χ4v) is 3.50. The first kappa shape index (κ1) is 21.1. The van der Waals surface area contributed by atoms with E-state index in [4.69, 9.17) is 33.7 Å². The Hall–Kier alpha value is -2.57. The summed E-state index contributed by atoms with van der Waals surface area (Å²) in [5.41, 5.74) is 9.89. The van der Waals surface area contributed by atoms with E-state index >= 15 is 0 Å². The van der Waals surface area contributed by atoms with Crippen LogP contribution in [0.15, 0.2) is 36.5 Å². The SMILES string of the molecule is COc1c(C)cnc(CN(CCc2ccc(Cl)cc2)c2cc(Cl)nc(N)n2)c1C. The molecule has 152 valence electrons. The van der Waals surface area contributed by atoms with Gasteiger partial charge in [-0.25, -0.2) is 4.98 Å². The van der Waals surface area contributed by atoms with Crippen LogP contribution in [0.2, 0.25) is 10.2 Å². The number of hydrogen-bond donors (Lipinski definition) is 1. The van der Waals surface area contributed by atoms with E-state index in [1.54, 1.807) is 13.2 Å². The minimum atomic E-state index is 0.134. The second-order valence-electron chi connectivity index (χ2n) is 6.75. The Labute approximate surface area is 180 Å². The Morgan fingerprint density at radius 1 is 1.10 bits per heavy atom. The van der Waals surface area contributed by atoms with E-state index in [0.29, 0.717) is 29.1 Å². The molecule has 0 saturated heterocycles. The van der Waals surface area contributed by atoms with Crippen molar-refractivity contribution >= 4 is 35.0 Å². The molecule has 0 unspecified atom stereocenters. The topological polar surface area (TPSA) is 77.2 Å². The Morgan fingerprint density at radius 2 is 1.83 bits per heavy atom. The Balaban J connectivity index is 1.91. The van der Waals surface area contributed by atoms with Crippen molar-refractivity contribution in [1.82, 2.24) is 15.0 Å². The molecule has 6 nitrogen and oxygen atoms in total. The third-order valence-corrected chi connectivity index (χ3v) is 5.14. The molecule has 3 aromatic rings. The predicted octanol–water partition coefficient (Wildman–Crippen LogP) is 4.64. The summed E-state index contributed by atoms with van der Waals surface area (Å²) in [4.78, 5) is 15.0. The number of nitrogens with zero attached hydrogens (tertiary/aromatic N) is 4. The first-order valence-electron chi connectivity index (χ1n) is 9.16. The summed E-state index contributed by atoms with van der Waals surface area (Å²) in [6.07, 6.45) is 2.61. The fourth-order valence-electron chi connectivity index (χ4n) is 3.19. The number of aromatic nitrogens is 3. The van der Waals surface area contributed by atoms with Crippen LogP contribution in [0.3, 0.4) is 0 Å². The zero-order valence-corrected chi connectivity index (χ0v) is 18.1. The van der Waals surface area contributed by atoms with Crippen LogP contribution in [0.4, 0.5) is 11.8 Å². The molecule has 0 radical (unpaired) electrons. The van der Waals surface area contributed by atoms with Gasteiger partial charge < -0.3 is 15.4 Å². The average molecular weight is 432 g/mol. The number of pyridine rings is 1. The molecule has 0 fully saturated rings. The van der Waals surface area contributed by atoms with Gasteiger partial charge in [-0.3, -0.25) is 4.98 Å². The minimum absolute atomic E-state index is 0.134. The molecule has 8 heteroatoms. The summed E-state index contributed by atoms with van der Waals surface area (Å²) < 4.78 is 5.54. The average Bonchev–Trinajstić information content (AvgIpc) is 2.67. The van der Waals surface area contributed by atoms with Crippen LogP contribution in [-0.2, 0) is 13.0 Å². The van der Waals surface area contributed by atoms with Crippen LogP contribution < -0.4 is 15.4 Å². The first-order chi connectivity index (χ1) is 13.9. The van der Waals surface area contributed by atoms with Crippen molar-refractivity contribution in [3.05, 3.63) is 69.1 Å². The molecule has 0 aliphatic rings. The summed E-state index contributed by atoms with van der Waals surface area (Å²) >= 11 is 12.1. The molecular weight excluding hydrogens is 409 g/mol. The summed E-state index contributed by atoms with van der Waals surface area (Å²) in [6, 6.07) is 9.51. The van der Waals surface area contributed by atoms with Gasteiger partial charge in [-0.1, -0.05) is 35.3 Å². The number of aryl methyl sites for hydroxylation is 1. The number of rotatable bonds is 7. The number of anilines is 2. The standard InChI is InChI=1S/C21H23Cl2N5O/c1-13-11-25-17(14(2)20(13)29-3)12-28(19-10-18(23)26-21(24)27-19)9-8-15-4-6-16(22)7-5-15/h4-7,10-11H,8-9,12H2,1-3H3,(H2,24,26,27). The van der Waals surface area contributed by atoms with E-state index < -0.39 is 0 Å². The molecular formula is C21H23Cl2N5O. The molecule has 3 rings (SSSR count). The van der Waals surface area contributed by atoms with E-state index in [-0.39, 0.29) is 5.95 Å². The van der Waals surface area contributed by atoms with Crippen molar-refractivity contribution in [1.29, 1.82) is 0 Å². The Bertz CT molecular complexity index is 975. The van der Waals surface area contributed by atoms with Gasteiger partial charge in [-0.2, -0.15) is 4.98 Å². The number of ether oxygens (including phenoxy) is 1. The normalized spacial score (nSPS) is 10.8. The maximum absolute atomic E-state index is 6.12. The van der Waals surface area contributed by atoms with Gasteiger partial charge in [0.2, 0.25) is 5.95 Å². The van der Waals surface area contributed by atoms with Crippen LogP contribution in [0.25, 0.3) is 0 Å². The third-order valence-electron chi connectivity index (χ3n) is 4.70. The van der Waals surface area contributed by atoms with Gasteiger partial charge in [0, 0.05) is 35.0 Å². The first-order valence-corrected chi connectivity index (χ1v) is 9.91. The number of methoxy groups -OCH3 is 1. The van der Waals surface area contributed by atoms with Gasteiger partial charge in [-0.05, 0) is 38.0 Å². The van der Waals surface area contributed by atoms with Crippen molar-refractivity contribution in [3.63, 3.8) is 0 Å². The molecule has 2 heterocycles. The second kappa shape index (κ2) is 9.29. The molecule has 0 amide bonds. The summed E-state index contributed by atoms with van der Waals surface area (Å²) in [5, 5.41) is 1.02. The molecule has 0 aliphatic carbocycles. The van der Waals surface area contributed by atoms with Crippen LogP contribution in [-0.4, -0.2) is 28.6 Å². The van der Waals surface area contributed by atoms with Crippen molar-refractivity contribution < 1.29 is 4.74 Å². The maximum Gasteiger partial charge on any atom is 0.223 e. The van der Waals surface area contributed by atoms with Gasteiger partial charge >= 0.3 is 0 Å². The molecule has 0 spiro atoms. The van der Waals surface area contributed by atoms with Gasteiger partial charge in [0.15, 0.2) is 0 Å². The van der Waals surface area contributed by atoms with Crippen LogP contribution in [0.5, 0.6) is 5.75 Å².